The molecule has 5 nitrogen and oxygen atoms in total. The van der Waals surface area contributed by atoms with E-state index in [1.165, 1.54) is 10.5 Å². The summed E-state index contributed by atoms with van der Waals surface area (Å²) < 4.78 is 63.1. The van der Waals surface area contributed by atoms with Crippen molar-refractivity contribution in [3.05, 3.63) is 63.3 Å². The molecule has 2 aromatic heterocycles. The van der Waals surface area contributed by atoms with Gasteiger partial charge in [-0.1, -0.05) is 0 Å². The Balaban J connectivity index is 1.61. The third-order valence-electron chi connectivity index (χ3n) is 7.19. The normalized spacial score (nSPS) is 24.6. The minimum atomic E-state index is -2.66. The zero-order valence-corrected chi connectivity index (χ0v) is 19.0. The topological polar surface area (TPSA) is 56.5 Å². The largest absolute Gasteiger partial charge is 0.378 e. The number of aromatic nitrogens is 3. The van der Waals surface area contributed by atoms with Crippen molar-refractivity contribution < 1.29 is 22.3 Å². The number of hydrogen-bond donors (Lipinski definition) is 0. The fourth-order valence-corrected chi connectivity index (χ4v) is 5.14. The summed E-state index contributed by atoms with van der Waals surface area (Å²) in [6.45, 7) is 3.74. The molecule has 1 saturated carbocycles. The fourth-order valence-electron chi connectivity index (χ4n) is 5.14. The molecule has 1 aliphatic carbocycles. The minimum Gasteiger partial charge on any atom is -0.378 e. The smallest absolute Gasteiger partial charge is 0.261 e. The maximum Gasteiger partial charge on any atom is 0.261 e. The van der Waals surface area contributed by atoms with Gasteiger partial charge in [-0.3, -0.25) is 9.20 Å². The van der Waals surface area contributed by atoms with Gasteiger partial charge in [0.2, 0.25) is 5.92 Å². The molecule has 0 N–H and O–H groups in total. The maximum absolute atomic E-state index is 14.8. The van der Waals surface area contributed by atoms with E-state index in [-0.39, 0.29) is 53.2 Å². The number of ether oxygens (including phenoxy) is 1. The van der Waals surface area contributed by atoms with Gasteiger partial charge in [0, 0.05) is 54.5 Å². The highest BCUT2D eigenvalue weighted by molar-refractivity contribution is 5.74. The number of aryl methyl sites for hydroxylation is 1. The average molecular weight is 475 g/mol. The van der Waals surface area contributed by atoms with Gasteiger partial charge in [-0.15, -0.1) is 0 Å². The molecule has 1 saturated heterocycles. The molecule has 3 heterocycles. The molecule has 2 fully saturated rings. The van der Waals surface area contributed by atoms with E-state index in [4.69, 9.17) is 9.72 Å². The molecule has 5 rings (SSSR count). The van der Waals surface area contributed by atoms with Crippen LogP contribution in [0.25, 0.3) is 16.9 Å². The second kappa shape index (κ2) is 8.45. The van der Waals surface area contributed by atoms with Gasteiger partial charge in [-0.05, 0) is 51.2 Å². The van der Waals surface area contributed by atoms with E-state index in [0.29, 0.717) is 42.8 Å². The van der Waals surface area contributed by atoms with E-state index >= 15 is 0 Å². The zero-order valence-electron chi connectivity index (χ0n) is 19.0. The highest BCUT2D eigenvalue weighted by Crippen LogP contribution is 2.44. The van der Waals surface area contributed by atoms with Crippen LogP contribution in [0.2, 0.25) is 0 Å². The molecule has 9 heteroatoms. The van der Waals surface area contributed by atoms with Crippen LogP contribution in [0, 0.1) is 31.4 Å². The number of alkyl halides is 2. The van der Waals surface area contributed by atoms with Crippen LogP contribution in [-0.2, 0) is 4.74 Å². The molecule has 180 valence electrons. The molecule has 34 heavy (non-hydrogen) atoms. The Morgan fingerprint density at radius 1 is 1.15 bits per heavy atom. The first-order chi connectivity index (χ1) is 16.1. The molecule has 0 radical (unpaired) electrons. The van der Waals surface area contributed by atoms with E-state index in [9.17, 15) is 22.4 Å². The van der Waals surface area contributed by atoms with E-state index in [1.807, 2.05) is 0 Å². The van der Waals surface area contributed by atoms with Crippen molar-refractivity contribution in [2.75, 3.05) is 6.61 Å². The van der Waals surface area contributed by atoms with Crippen LogP contribution >= 0.6 is 0 Å². The second-order valence-electron chi connectivity index (χ2n) is 9.45. The van der Waals surface area contributed by atoms with Crippen LogP contribution in [0.1, 0.15) is 55.0 Å². The van der Waals surface area contributed by atoms with E-state index < -0.39 is 17.6 Å². The Morgan fingerprint density at radius 3 is 2.65 bits per heavy atom. The van der Waals surface area contributed by atoms with Crippen LogP contribution in [0.15, 0.2) is 29.2 Å². The van der Waals surface area contributed by atoms with Crippen molar-refractivity contribution in [3.63, 3.8) is 0 Å². The van der Waals surface area contributed by atoms with Crippen LogP contribution in [0.4, 0.5) is 17.6 Å². The second-order valence-corrected chi connectivity index (χ2v) is 9.45. The van der Waals surface area contributed by atoms with Crippen LogP contribution < -0.4 is 5.56 Å². The Hall–Kier alpha value is -2.81. The lowest BCUT2D eigenvalue weighted by molar-refractivity contribution is -0.0459. The molecule has 1 aliphatic heterocycles. The first-order valence-corrected chi connectivity index (χ1v) is 11.5. The number of hydrogen-bond acceptors (Lipinski definition) is 4. The lowest BCUT2D eigenvalue weighted by Gasteiger charge is -2.33. The van der Waals surface area contributed by atoms with Gasteiger partial charge in [0.25, 0.3) is 5.56 Å². The number of fused-ring (bicyclic) bond motifs is 1. The summed E-state index contributed by atoms with van der Waals surface area (Å²) in [4.78, 5) is 22.3. The number of rotatable bonds is 3. The predicted molar refractivity (Wildman–Crippen MR) is 118 cm³/mol. The molecular formula is C25H25F4N3O2. The van der Waals surface area contributed by atoms with Crippen LogP contribution in [0.3, 0.4) is 0 Å². The Labute approximate surface area is 193 Å². The molecule has 0 bridgehead atoms. The minimum absolute atomic E-state index is 0.0370. The fraction of sp³-hybridized carbons (Fsp3) is 0.480. The quantitative estimate of drug-likeness (QED) is 0.480. The van der Waals surface area contributed by atoms with E-state index in [2.05, 4.69) is 4.98 Å². The van der Waals surface area contributed by atoms with Gasteiger partial charge in [-0.25, -0.2) is 27.5 Å². The molecule has 1 unspecified atom stereocenters. The SMILES string of the molecule is Cc1nc2c(-c3ccc(F)cc3F)nc([C@H]3CCO[C@@H](C4CCC(F)(F)C4)C3)cn2c(=O)c1C. The molecular weight excluding hydrogens is 450 g/mol. The van der Waals surface area contributed by atoms with Crippen molar-refractivity contribution in [1.29, 1.82) is 0 Å². The van der Waals surface area contributed by atoms with Crippen molar-refractivity contribution >= 4 is 5.65 Å². The van der Waals surface area contributed by atoms with Gasteiger partial charge < -0.3 is 4.74 Å². The third-order valence-corrected chi connectivity index (χ3v) is 7.19. The lowest BCUT2D eigenvalue weighted by atomic mass is 9.86. The Bertz CT molecular complexity index is 1320. The summed E-state index contributed by atoms with van der Waals surface area (Å²) in [6.07, 6.45) is 2.44. The highest BCUT2D eigenvalue weighted by atomic mass is 19.3. The summed E-state index contributed by atoms with van der Waals surface area (Å²) in [6, 6.07) is 3.18. The van der Waals surface area contributed by atoms with Crippen molar-refractivity contribution in [1.82, 2.24) is 14.4 Å². The average Bonchev–Trinajstić information content (AvgIpc) is 3.17. The predicted octanol–water partition coefficient (Wildman–Crippen LogP) is 5.35. The van der Waals surface area contributed by atoms with E-state index in [0.717, 1.165) is 12.1 Å². The number of benzene rings is 1. The monoisotopic (exact) mass is 475 g/mol. The van der Waals surface area contributed by atoms with Gasteiger partial charge in [0.1, 0.15) is 17.3 Å². The number of nitrogens with zero attached hydrogens (tertiary/aromatic N) is 3. The molecule has 0 amide bonds. The zero-order chi connectivity index (χ0) is 24.2. The standard InChI is InChI=1S/C25H25F4N3O2/c1-13-14(2)30-23-22(18-4-3-17(26)10-19(18)27)31-20(12-32(23)24(13)33)15-6-8-34-21(9-15)16-5-7-25(28,29)11-16/h3-4,10,12,15-16,21H,5-9,11H2,1-2H3/t15-,16?,21+/m0/s1. The highest BCUT2D eigenvalue weighted by Gasteiger charge is 2.44. The van der Waals surface area contributed by atoms with Crippen molar-refractivity contribution in [3.8, 4) is 11.3 Å². The summed E-state index contributed by atoms with van der Waals surface area (Å²) in [5.41, 5.74) is 1.56. The first kappa shape index (κ1) is 23.0. The number of halogens is 4. The summed E-state index contributed by atoms with van der Waals surface area (Å²) in [5.74, 6) is -4.59. The summed E-state index contributed by atoms with van der Waals surface area (Å²) in [7, 11) is 0. The van der Waals surface area contributed by atoms with E-state index in [1.54, 1.807) is 20.0 Å². The van der Waals surface area contributed by atoms with Gasteiger partial charge >= 0.3 is 0 Å². The van der Waals surface area contributed by atoms with Crippen LogP contribution in [0.5, 0.6) is 0 Å². The maximum atomic E-state index is 14.8. The van der Waals surface area contributed by atoms with Gasteiger partial charge in [0.15, 0.2) is 5.65 Å². The molecule has 3 aromatic rings. The van der Waals surface area contributed by atoms with Crippen molar-refractivity contribution in [2.45, 2.75) is 63.9 Å². The first-order valence-electron chi connectivity index (χ1n) is 11.5. The third kappa shape index (κ3) is 4.10. The summed E-state index contributed by atoms with van der Waals surface area (Å²) >= 11 is 0. The van der Waals surface area contributed by atoms with Crippen molar-refractivity contribution in [2.24, 2.45) is 5.92 Å². The Kier molecular flexibility index (Phi) is 5.70. The summed E-state index contributed by atoms with van der Waals surface area (Å²) in [5, 5.41) is 0. The van der Waals surface area contributed by atoms with Gasteiger partial charge in [-0.2, -0.15) is 0 Å². The molecule has 0 spiro atoms. The molecule has 1 aromatic carbocycles. The van der Waals surface area contributed by atoms with Crippen LogP contribution in [-0.4, -0.2) is 33.0 Å². The lowest BCUT2D eigenvalue weighted by Crippen LogP contribution is -2.32. The van der Waals surface area contributed by atoms with Gasteiger partial charge in [0.05, 0.1) is 11.8 Å². The Morgan fingerprint density at radius 2 is 1.94 bits per heavy atom. The molecule has 3 atom stereocenters. The molecule has 2 aliphatic rings.